The summed E-state index contributed by atoms with van der Waals surface area (Å²) in [6.45, 7) is 0.643. The molecule has 2 aromatic rings. The van der Waals surface area contributed by atoms with Gasteiger partial charge in [-0.05, 0) is 25.0 Å². The Morgan fingerprint density at radius 3 is 2.96 bits per heavy atom. The Hall–Kier alpha value is -1.86. The molecule has 0 aliphatic carbocycles. The Bertz CT molecular complexity index is 762. The van der Waals surface area contributed by atoms with Crippen molar-refractivity contribution in [1.82, 2.24) is 5.16 Å². The number of hydrogen-bond donors (Lipinski definition) is 0. The minimum atomic E-state index is -3.27. The van der Waals surface area contributed by atoms with Gasteiger partial charge < -0.3 is 14.0 Å². The summed E-state index contributed by atoms with van der Waals surface area (Å²) in [6.07, 6.45) is 1.53. The second kappa shape index (κ2) is 6.72. The van der Waals surface area contributed by atoms with E-state index in [9.17, 15) is 8.42 Å². The molecule has 3 rings (SSSR count). The van der Waals surface area contributed by atoms with Crippen molar-refractivity contribution in [3.05, 3.63) is 36.0 Å². The average molecular weight is 337 g/mol. The molecule has 0 N–H and O–H groups in total. The third kappa shape index (κ3) is 4.11. The first-order valence-electron chi connectivity index (χ1n) is 7.48. The van der Waals surface area contributed by atoms with E-state index in [0.717, 1.165) is 18.4 Å². The van der Waals surface area contributed by atoms with Gasteiger partial charge in [0.1, 0.15) is 5.75 Å². The van der Waals surface area contributed by atoms with Gasteiger partial charge in [-0.3, -0.25) is 0 Å². The van der Waals surface area contributed by atoms with Crippen molar-refractivity contribution in [1.29, 1.82) is 0 Å². The first kappa shape index (κ1) is 16.0. The van der Waals surface area contributed by atoms with Crippen molar-refractivity contribution in [2.75, 3.05) is 19.5 Å². The van der Waals surface area contributed by atoms with E-state index in [0.29, 0.717) is 23.8 Å². The summed E-state index contributed by atoms with van der Waals surface area (Å²) in [5, 5.41) is 3.87. The average Bonchev–Trinajstić information content (AvgIpc) is 3.18. The van der Waals surface area contributed by atoms with Crippen LogP contribution in [0, 0.1) is 0 Å². The molecule has 124 valence electrons. The molecular weight excluding hydrogens is 318 g/mol. The van der Waals surface area contributed by atoms with Gasteiger partial charge >= 0.3 is 0 Å². The van der Waals surface area contributed by atoms with Crippen LogP contribution in [-0.4, -0.2) is 39.1 Å². The van der Waals surface area contributed by atoms with E-state index in [4.69, 9.17) is 14.0 Å². The fourth-order valence-electron chi connectivity index (χ4n) is 2.64. The molecular formula is C16H19NO5S. The highest BCUT2D eigenvalue weighted by molar-refractivity contribution is 7.90. The maximum Gasteiger partial charge on any atom is 0.167 e. The molecule has 23 heavy (non-hydrogen) atoms. The van der Waals surface area contributed by atoms with E-state index >= 15 is 0 Å². The molecule has 0 spiro atoms. The quantitative estimate of drug-likeness (QED) is 0.805. The van der Waals surface area contributed by atoms with Crippen molar-refractivity contribution in [3.63, 3.8) is 0 Å². The number of benzene rings is 1. The van der Waals surface area contributed by atoms with Crippen LogP contribution < -0.4 is 4.74 Å². The van der Waals surface area contributed by atoms with Gasteiger partial charge in [-0.2, -0.15) is 0 Å². The maximum absolute atomic E-state index is 12.2. The molecule has 0 bridgehead atoms. The van der Waals surface area contributed by atoms with E-state index in [1.165, 1.54) is 0 Å². The predicted molar refractivity (Wildman–Crippen MR) is 85.0 cm³/mol. The Kier molecular flexibility index (Phi) is 4.68. The lowest BCUT2D eigenvalue weighted by Crippen LogP contribution is -2.21. The van der Waals surface area contributed by atoms with Gasteiger partial charge in [-0.15, -0.1) is 0 Å². The summed E-state index contributed by atoms with van der Waals surface area (Å²) in [4.78, 5) is 0. The maximum atomic E-state index is 12.2. The van der Waals surface area contributed by atoms with Crippen molar-refractivity contribution >= 4 is 9.84 Å². The van der Waals surface area contributed by atoms with E-state index in [1.807, 2.05) is 24.3 Å². The van der Waals surface area contributed by atoms with Gasteiger partial charge in [0.15, 0.2) is 15.6 Å². The summed E-state index contributed by atoms with van der Waals surface area (Å²) in [5.41, 5.74) is 1.19. The van der Waals surface area contributed by atoms with Crippen LogP contribution in [0.2, 0.25) is 0 Å². The van der Waals surface area contributed by atoms with Gasteiger partial charge in [0.25, 0.3) is 0 Å². The molecule has 1 aliphatic heterocycles. The van der Waals surface area contributed by atoms with Crippen LogP contribution in [0.25, 0.3) is 11.3 Å². The number of nitrogens with zero attached hydrogens (tertiary/aromatic N) is 1. The van der Waals surface area contributed by atoms with Crippen LogP contribution in [0.5, 0.6) is 5.75 Å². The lowest BCUT2D eigenvalue weighted by molar-refractivity contribution is 0.127. The van der Waals surface area contributed by atoms with Crippen molar-refractivity contribution in [2.24, 2.45) is 0 Å². The Labute approximate surface area is 135 Å². The zero-order valence-corrected chi connectivity index (χ0v) is 13.7. The zero-order chi connectivity index (χ0) is 16.3. The number of aromatic nitrogens is 1. The SMILES string of the molecule is COc1cccc(-c2cc(CS(=O)(=O)CC3CCCO3)no2)c1. The molecule has 0 saturated carbocycles. The topological polar surface area (TPSA) is 78.6 Å². The van der Waals surface area contributed by atoms with Crippen LogP contribution in [-0.2, 0) is 20.3 Å². The number of methoxy groups -OCH3 is 1. The van der Waals surface area contributed by atoms with Gasteiger partial charge in [0, 0.05) is 18.2 Å². The van der Waals surface area contributed by atoms with Gasteiger partial charge in [-0.1, -0.05) is 17.3 Å². The molecule has 1 atom stereocenters. The van der Waals surface area contributed by atoms with Crippen LogP contribution in [0.15, 0.2) is 34.9 Å². The van der Waals surface area contributed by atoms with Gasteiger partial charge in [0.2, 0.25) is 0 Å². The van der Waals surface area contributed by atoms with Crippen molar-refractivity contribution in [3.8, 4) is 17.1 Å². The first-order valence-corrected chi connectivity index (χ1v) is 9.30. The number of rotatable bonds is 6. The van der Waals surface area contributed by atoms with E-state index < -0.39 is 9.84 Å². The normalized spacial score (nSPS) is 18.2. The molecule has 7 heteroatoms. The standard InChI is InChI=1S/C16H19NO5S/c1-20-14-5-2-4-12(8-14)16-9-13(17-22-16)10-23(18,19)11-15-6-3-7-21-15/h2,4-5,8-9,15H,3,6-7,10-11H2,1H3. The third-order valence-corrected chi connectivity index (χ3v) is 5.36. The third-order valence-electron chi connectivity index (χ3n) is 3.74. The van der Waals surface area contributed by atoms with Crippen molar-refractivity contribution < 1.29 is 22.4 Å². The highest BCUT2D eigenvalue weighted by Crippen LogP contribution is 2.25. The molecule has 1 aromatic heterocycles. The van der Waals surface area contributed by atoms with Crippen molar-refractivity contribution in [2.45, 2.75) is 24.7 Å². The minimum absolute atomic E-state index is 0.0361. The molecule has 1 aliphatic rings. The summed E-state index contributed by atoms with van der Waals surface area (Å²) in [7, 11) is -1.69. The Morgan fingerprint density at radius 1 is 1.35 bits per heavy atom. The number of ether oxygens (including phenoxy) is 2. The largest absolute Gasteiger partial charge is 0.497 e. The molecule has 0 radical (unpaired) electrons. The van der Waals surface area contributed by atoms with Gasteiger partial charge in [0.05, 0.1) is 30.4 Å². The van der Waals surface area contributed by atoms with E-state index in [1.54, 1.807) is 13.2 Å². The van der Waals surface area contributed by atoms with Crippen LogP contribution in [0.3, 0.4) is 0 Å². The summed E-state index contributed by atoms with van der Waals surface area (Å²) >= 11 is 0. The monoisotopic (exact) mass is 337 g/mol. The molecule has 0 amide bonds. The lowest BCUT2D eigenvalue weighted by atomic mass is 10.1. The molecule has 1 saturated heterocycles. The predicted octanol–water partition coefficient (Wildman–Crippen LogP) is 2.44. The van der Waals surface area contributed by atoms with Gasteiger partial charge in [-0.25, -0.2) is 8.42 Å². The van der Waals surface area contributed by atoms with Crippen LogP contribution >= 0.6 is 0 Å². The van der Waals surface area contributed by atoms with E-state index in [2.05, 4.69) is 5.16 Å². The smallest absolute Gasteiger partial charge is 0.167 e. The number of sulfone groups is 1. The van der Waals surface area contributed by atoms with Crippen LogP contribution in [0.4, 0.5) is 0 Å². The molecule has 1 fully saturated rings. The van der Waals surface area contributed by atoms with Crippen LogP contribution in [0.1, 0.15) is 18.5 Å². The fourth-order valence-corrected chi connectivity index (χ4v) is 4.17. The second-order valence-electron chi connectivity index (χ2n) is 5.60. The highest BCUT2D eigenvalue weighted by Gasteiger charge is 2.24. The summed E-state index contributed by atoms with van der Waals surface area (Å²) in [6, 6.07) is 8.98. The Morgan fingerprint density at radius 2 is 2.22 bits per heavy atom. The summed E-state index contributed by atoms with van der Waals surface area (Å²) in [5.74, 6) is 1.12. The second-order valence-corrected chi connectivity index (χ2v) is 7.71. The molecule has 2 heterocycles. The summed E-state index contributed by atoms with van der Waals surface area (Å²) < 4.78 is 40.3. The fraction of sp³-hybridized carbons (Fsp3) is 0.438. The molecule has 1 aromatic carbocycles. The van der Waals surface area contributed by atoms with E-state index in [-0.39, 0.29) is 17.6 Å². The molecule has 6 nitrogen and oxygen atoms in total. The lowest BCUT2D eigenvalue weighted by Gasteiger charge is -2.08. The molecule has 1 unspecified atom stereocenters. The minimum Gasteiger partial charge on any atom is -0.497 e. The Balaban J connectivity index is 1.71. The number of hydrogen-bond acceptors (Lipinski definition) is 6. The first-order chi connectivity index (χ1) is 11.1. The highest BCUT2D eigenvalue weighted by atomic mass is 32.2. The zero-order valence-electron chi connectivity index (χ0n) is 12.9.